The second-order valence-electron chi connectivity index (χ2n) is 4.35. The summed E-state index contributed by atoms with van der Waals surface area (Å²) < 4.78 is 15.5. The van der Waals surface area contributed by atoms with Crippen LogP contribution in [0.2, 0.25) is 0 Å². The van der Waals surface area contributed by atoms with Crippen molar-refractivity contribution in [1.82, 2.24) is 5.32 Å². The minimum Gasteiger partial charge on any atom is -0.387 e. The Morgan fingerprint density at radius 3 is 2.35 bits per heavy atom. The zero-order valence-corrected chi connectivity index (χ0v) is 12.1. The van der Waals surface area contributed by atoms with Gasteiger partial charge in [0.05, 0.1) is 39.1 Å². The van der Waals surface area contributed by atoms with Crippen molar-refractivity contribution in [1.29, 1.82) is 0 Å². The van der Waals surface area contributed by atoms with E-state index in [1.165, 1.54) is 0 Å². The molecule has 114 valence electrons. The van der Waals surface area contributed by atoms with Crippen molar-refractivity contribution in [3.05, 3.63) is 35.9 Å². The molecule has 0 radical (unpaired) electrons. The summed E-state index contributed by atoms with van der Waals surface area (Å²) in [6.07, 6.45) is -0.478. The number of aliphatic hydroxyl groups is 1. The van der Waals surface area contributed by atoms with Crippen LogP contribution in [0, 0.1) is 0 Å². The van der Waals surface area contributed by atoms with E-state index in [9.17, 15) is 5.11 Å². The van der Waals surface area contributed by atoms with Gasteiger partial charge in [-0.05, 0) is 5.56 Å². The average Bonchev–Trinajstić information content (AvgIpc) is 2.50. The molecule has 0 heterocycles. The van der Waals surface area contributed by atoms with Crippen LogP contribution in [0.15, 0.2) is 30.3 Å². The fourth-order valence-electron chi connectivity index (χ4n) is 1.64. The summed E-state index contributed by atoms with van der Waals surface area (Å²) in [7, 11) is 1.65. The van der Waals surface area contributed by atoms with E-state index in [1.54, 1.807) is 7.11 Å². The summed E-state index contributed by atoms with van der Waals surface area (Å²) in [5, 5.41) is 13.1. The molecule has 0 aliphatic rings. The Kier molecular flexibility index (Phi) is 10.1. The summed E-state index contributed by atoms with van der Waals surface area (Å²) in [5.41, 5.74) is 0.924. The Balaban J connectivity index is 1.90. The Bertz CT molecular complexity index is 321. The normalized spacial score (nSPS) is 12.5. The number of methoxy groups -OCH3 is 1. The standard InChI is InChI=1S/C15H25NO4/c1-18-9-10-20-12-11-19-8-7-16-13-15(17)14-5-3-2-4-6-14/h2-6,15-17H,7-13H2,1H3. The lowest BCUT2D eigenvalue weighted by molar-refractivity contribution is 0.0251. The number of hydrogen-bond donors (Lipinski definition) is 2. The van der Waals surface area contributed by atoms with Crippen molar-refractivity contribution in [2.24, 2.45) is 0 Å². The molecule has 1 unspecified atom stereocenters. The predicted molar refractivity (Wildman–Crippen MR) is 77.8 cm³/mol. The van der Waals surface area contributed by atoms with Crippen molar-refractivity contribution in [2.75, 3.05) is 53.2 Å². The van der Waals surface area contributed by atoms with Crippen LogP contribution in [-0.4, -0.2) is 58.3 Å². The van der Waals surface area contributed by atoms with Gasteiger partial charge in [-0.3, -0.25) is 0 Å². The lowest BCUT2D eigenvalue weighted by atomic mass is 10.1. The minimum absolute atomic E-state index is 0.478. The highest BCUT2D eigenvalue weighted by molar-refractivity contribution is 5.17. The van der Waals surface area contributed by atoms with Gasteiger partial charge in [0.25, 0.3) is 0 Å². The monoisotopic (exact) mass is 283 g/mol. The van der Waals surface area contributed by atoms with Crippen molar-refractivity contribution in [3.8, 4) is 0 Å². The lowest BCUT2D eigenvalue weighted by Gasteiger charge is -2.12. The Hall–Kier alpha value is -0.980. The van der Waals surface area contributed by atoms with Gasteiger partial charge in [0.2, 0.25) is 0 Å². The third-order valence-corrected chi connectivity index (χ3v) is 2.75. The molecule has 0 spiro atoms. The number of aliphatic hydroxyl groups excluding tert-OH is 1. The molecule has 5 heteroatoms. The third-order valence-electron chi connectivity index (χ3n) is 2.75. The van der Waals surface area contributed by atoms with Gasteiger partial charge in [-0.15, -0.1) is 0 Å². The highest BCUT2D eigenvalue weighted by Crippen LogP contribution is 2.09. The van der Waals surface area contributed by atoms with Crippen LogP contribution in [-0.2, 0) is 14.2 Å². The largest absolute Gasteiger partial charge is 0.387 e. The fraction of sp³-hybridized carbons (Fsp3) is 0.600. The molecule has 2 N–H and O–H groups in total. The molecule has 5 nitrogen and oxygen atoms in total. The first-order chi connectivity index (χ1) is 9.84. The zero-order chi connectivity index (χ0) is 14.5. The predicted octanol–water partition coefficient (Wildman–Crippen LogP) is 0.989. The smallest absolute Gasteiger partial charge is 0.0914 e. The summed E-state index contributed by atoms with van der Waals surface area (Å²) in [5.74, 6) is 0. The minimum atomic E-state index is -0.478. The quantitative estimate of drug-likeness (QED) is 0.560. The number of benzene rings is 1. The van der Waals surface area contributed by atoms with Gasteiger partial charge in [0, 0.05) is 20.2 Å². The van der Waals surface area contributed by atoms with E-state index < -0.39 is 6.10 Å². The fourth-order valence-corrected chi connectivity index (χ4v) is 1.64. The van der Waals surface area contributed by atoms with Crippen LogP contribution >= 0.6 is 0 Å². The van der Waals surface area contributed by atoms with E-state index in [4.69, 9.17) is 14.2 Å². The second-order valence-corrected chi connectivity index (χ2v) is 4.35. The first kappa shape index (κ1) is 17.1. The Labute approximate surface area is 120 Å². The molecular formula is C15H25NO4. The molecule has 0 aromatic heterocycles. The number of nitrogens with one attached hydrogen (secondary N) is 1. The van der Waals surface area contributed by atoms with E-state index in [1.807, 2.05) is 30.3 Å². The Morgan fingerprint density at radius 2 is 1.65 bits per heavy atom. The van der Waals surface area contributed by atoms with Gasteiger partial charge in [0.15, 0.2) is 0 Å². The number of hydrogen-bond acceptors (Lipinski definition) is 5. The number of ether oxygens (including phenoxy) is 3. The lowest BCUT2D eigenvalue weighted by Crippen LogP contribution is -2.25. The van der Waals surface area contributed by atoms with Crippen LogP contribution in [0.4, 0.5) is 0 Å². The SMILES string of the molecule is COCCOCCOCCNCC(O)c1ccccc1. The topological polar surface area (TPSA) is 60.0 Å². The maximum absolute atomic E-state index is 9.91. The van der Waals surface area contributed by atoms with Gasteiger partial charge in [-0.2, -0.15) is 0 Å². The van der Waals surface area contributed by atoms with Crippen molar-refractivity contribution >= 4 is 0 Å². The summed E-state index contributed by atoms with van der Waals surface area (Å²) >= 11 is 0. The van der Waals surface area contributed by atoms with Crippen molar-refractivity contribution in [3.63, 3.8) is 0 Å². The van der Waals surface area contributed by atoms with Gasteiger partial charge in [0.1, 0.15) is 0 Å². The van der Waals surface area contributed by atoms with Crippen LogP contribution in [0.25, 0.3) is 0 Å². The van der Waals surface area contributed by atoms with Crippen molar-refractivity contribution in [2.45, 2.75) is 6.10 Å². The Morgan fingerprint density at radius 1 is 1.00 bits per heavy atom. The molecule has 0 fully saturated rings. The average molecular weight is 283 g/mol. The third kappa shape index (κ3) is 8.24. The van der Waals surface area contributed by atoms with Crippen LogP contribution in [0.3, 0.4) is 0 Å². The highest BCUT2D eigenvalue weighted by Gasteiger charge is 2.05. The molecule has 0 amide bonds. The molecule has 0 bridgehead atoms. The summed E-state index contributed by atoms with van der Waals surface area (Å²) in [4.78, 5) is 0. The van der Waals surface area contributed by atoms with Gasteiger partial charge in [-0.1, -0.05) is 30.3 Å². The molecule has 0 saturated heterocycles. The number of rotatable bonds is 12. The molecule has 20 heavy (non-hydrogen) atoms. The summed E-state index contributed by atoms with van der Waals surface area (Å²) in [6, 6.07) is 9.61. The van der Waals surface area contributed by atoms with Crippen LogP contribution in [0.5, 0.6) is 0 Å². The highest BCUT2D eigenvalue weighted by atomic mass is 16.5. The molecule has 1 aromatic carbocycles. The maximum atomic E-state index is 9.91. The molecule has 0 aliphatic heterocycles. The summed E-state index contributed by atoms with van der Waals surface area (Å²) in [6.45, 7) is 4.21. The van der Waals surface area contributed by atoms with E-state index in [0.29, 0.717) is 46.1 Å². The van der Waals surface area contributed by atoms with Crippen molar-refractivity contribution < 1.29 is 19.3 Å². The zero-order valence-electron chi connectivity index (χ0n) is 12.1. The van der Waals surface area contributed by atoms with Gasteiger partial charge in [-0.25, -0.2) is 0 Å². The van der Waals surface area contributed by atoms with Crippen LogP contribution in [0.1, 0.15) is 11.7 Å². The molecule has 1 aromatic rings. The first-order valence-electron chi connectivity index (χ1n) is 6.92. The molecule has 0 aliphatic carbocycles. The second kappa shape index (κ2) is 11.8. The first-order valence-corrected chi connectivity index (χ1v) is 6.92. The van der Waals surface area contributed by atoms with Gasteiger partial charge < -0.3 is 24.6 Å². The molecule has 0 saturated carbocycles. The molecular weight excluding hydrogens is 258 g/mol. The van der Waals surface area contributed by atoms with E-state index in [0.717, 1.165) is 5.56 Å². The van der Waals surface area contributed by atoms with E-state index >= 15 is 0 Å². The molecule has 1 atom stereocenters. The van der Waals surface area contributed by atoms with E-state index in [2.05, 4.69) is 5.32 Å². The molecule has 1 rings (SSSR count). The van der Waals surface area contributed by atoms with Crippen LogP contribution < -0.4 is 5.32 Å². The van der Waals surface area contributed by atoms with E-state index in [-0.39, 0.29) is 0 Å². The maximum Gasteiger partial charge on any atom is 0.0914 e. The van der Waals surface area contributed by atoms with Gasteiger partial charge >= 0.3 is 0 Å².